The van der Waals surface area contributed by atoms with Gasteiger partial charge in [-0.1, -0.05) is 54.1 Å². The number of likely N-dealkylation sites (N-methyl/N-ethyl adjacent to an activating group) is 1. The molecule has 1 N–H and O–H groups in total. The monoisotopic (exact) mass is 342 g/mol. The average molecular weight is 343 g/mol. The molecule has 24 heavy (non-hydrogen) atoms. The average Bonchev–Trinajstić information content (AvgIpc) is 2.57. The third-order valence-corrected chi connectivity index (χ3v) is 4.88. The van der Waals surface area contributed by atoms with E-state index in [0.717, 1.165) is 29.8 Å². The highest BCUT2D eigenvalue weighted by Crippen LogP contribution is 2.29. The van der Waals surface area contributed by atoms with E-state index in [-0.39, 0.29) is 11.9 Å². The number of fused-ring (bicyclic) bond motifs is 1. The quantitative estimate of drug-likeness (QED) is 0.891. The number of hydrogen-bond acceptors (Lipinski definition) is 2. The summed E-state index contributed by atoms with van der Waals surface area (Å²) in [6.07, 6.45) is 3.24. The second kappa shape index (κ2) is 7.82. The highest BCUT2D eigenvalue weighted by atomic mass is 35.5. The van der Waals surface area contributed by atoms with E-state index in [0.29, 0.717) is 13.1 Å². The number of aryl methyl sites for hydroxylation is 1. The van der Waals surface area contributed by atoms with E-state index < -0.39 is 0 Å². The van der Waals surface area contributed by atoms with Gasteiger partial charge in [-0.2, -0.15) is 0 Å². The standard InChI is InChI=1S/C20H23ClN2O/c1-23(13-16-8-3-5-11-18(16)21)14-20(24)22-19-12-6-9-15-7-2-4-10-17(15)19/h2-5,7-8,10-11,19H,6,9,12-14H2,1H3,(H,22,24). The predicted molar refractivity (Wildman–Crippen MR) is 98.0 cm³/mol. The summed E-state index contributed by atoms with van der Waals surface area (Å²) in [6, 6.07) is 16.3. The lowest BCUT2D eigenvalue weighted by Gasteiger charge is -2.27. The van der Waals surface area contributed by atoms with Crippen LogP contribution in [-0.4, -0.2) is 24.4 Å². The van der Waals surface area contributed by atoms with Crippen molar-refractivity contribution in [2.45, 2.75) is 31.8 Å². The van der Waals surface area contributed by atoms with Crippen molar-refractivity contribution in [3.8, 4) is 0 Å². The van der Waals surface area contributed by atoms with Crippen LogP contribution in [0.1, 0.15) is 35.6 Å². The van der Waals surface area contributed by atoms with Crippen LogP contribution < -0.4 is 5.32 Å². The Morgan fingerprint density at radius 2 is 1.96 bits per heavy atom. The van der Waals surface area contributed by atoms with E-state index in [1.165, 1.54) is 11.1 Å². The fraction of sp³-hybridized carbons (Fsp3) is 0.350. The molecule has 0 bridgehead atoms. The molecule has 0 aliphatic heterocycles. The zero-order chi connectivity index (χ0) is 16.9. The van der Waals surface area contributed by atoms with Crippen molar-refractivity contribution in [3.05, 3.63) is 70.2 Å². The summed E-state index contributed by atoms with van der Waals surface area (Å²) in [4.78, 5) is 14.4. The molecule has 1 amide bonds. The van der Waals surface area contributed by atoms with Crippen molar-refractivity contribution in [2.75, 3.05) is 13.6 Å². The first-order valence-corrected chi connectivity index (χ1v) is 8.80. The van der Waals surface area contributed by atoms with Crippen LogP contribution >= 0.6 is 11.6 Å². The Bertz CT molecular complexity index is 716. The van der Waals surface area contributed by atoms with E-state index in [1.807, 2.05) is 42.3 Å². The molecule has 3 nitrogen and oxygen atoms in total. The summed E-state index contributed by atoms with van der Waals surface area (Å²) in [5, 5.41) is 3.93. The van der Waals surface area contributed by atoms with Crippen LogP contribution in [0.2, 0.25) is 5.02 Å². The molecular formula is C20H23ClN2O. The molecule has 126 valence electrons. The number of amides is 1. The second-order valence-corrected chi connectivity index (χ2v) is 6.88. The molecule has 1 atom stereocenters. The molecule has 0 saturated heterocycles. The van der Waals surface area contributed by atoms with Crippen molar-refractivity contribution in [1.82, 2.24) is 10.2 Å². The Morgan fingerprint density at radius 1 is 1.21 bits per heavy atom. The molecule has 0 radical (unpaired) electrons. The van der Waals surface area contributed by atoms with E-state index in [2.05, 4.69) is 23.5 Å². The number of carbonyl (C=O) groups is 1. The van der Waals surface area contributed by atoms with Gasteiger partial charge in [0.2, 0.25) is 5.91 Å². The topological polar surface area (TPSA) is 32.3 Å². The summed E-state index contributed by atoms with van der Waals surface area (Å²) in [5.74, 6) is 0.0613. The van der Waals surface area contributed by atoms with Crippen molar-refractivity contribution >= 4 is 17.5 Å². The van der Waals surface area contributed by atoms with Crippen molar-refractivity contribution in [3.63, 3.8) is 0 Å². The number of halogens is 1. The number of carbonyl (C=O) groups excluding carboxylic acids is 1. The highest BCUT2D eigenvalue weighted by molar-refractivity contribution is 6.31. The smallest absolute Gasteiger partial charge is 0.234 e. The fourth-order valence-corrected chi connectivity index (χ4v) is 3.56. The summed E-state index contributed by atoms with van der Waals surface area (Å²) in [7, 11) is 1.94. The van der Waals surface area contributed by atoms with Gasteiger partial charge < -0.3 is 5.32 Å². The van der Waals surface area contributed by atoms with Crippen LogP contribution in [0, 0.1) is 0 Å². The Morgan fingerprint density at radius 3 is 2.79 bits per heavy atom. The van der Waals surface area contributed by atoms with E-state index in [1.54, 1.807) is 0 Å². The molecule has 0 fully saturated rings. The number of nitrogens with zero attached hydrogens (tertiary/aromatic N) is 1. The molecule has 1 unspecified atom stereocenters. The molecule has 1 aliphatic rings. The van der Waals surface area contributed by atoms with Crippen LogP contribution in [-0.2, 0) is 17.8 Å². The van der Waals surface area contributed by atoms with Crippen LogP contribution in [0.3, 0.4) is 0 Å². The van der Waals surface area contributed by atoms with E-state index in [9.17, 15) is 4.79 Å². The van der Waals surface area contributed by atoms with Gasteiger partial charge in [0.1, 0.15) is 0 Å². The number of nitrogens with one attached hydrogen (secondary N) is 1. The highest BCUT2D eigenvalue weighted by Gasteiger charge is 2.21. The largest absolute Gasteiger partial charge is 0.348 e. The van der Waals surface area contributed by atoms with Gasteiger partial charge in [0, 0.05) is 11.6 Å². The predicted octanol–water partition coefficient (Wildman–Crippen LogP) is 3.97. The Hall–Kier alpha value is -1.84. The zero-order valence-corrected chi connectivity index (χ0v) is 14.7. The maximum Gasteiger partial charge on any atom is 0.234 e. The van der Waals surface area contributed by atoms with Crippen molar-refractivity contribution < 1.29 is 4.79 Å². The van der Waals surface area contributed by atoms with Crippen molar-refractivity contribution in [2.24, 2.45) is 0 Å². The molecule has 0 saturated carbocycles. The van der Waals surface area contributed by atoms with Crippen molar-refractivity contribution in [1.29, 1.82) is 0 Å². The number of hydrogen-bond donors (Lipinski definition) is 1. The van der Waals surface area contributed by atoms with Gasteiger partial charge in [0.05, 0.1) is 12.6 Å². The first-order valence-electron chi connectivity index (χ1n) is 8.42. The third kappa shape index (κ3) is 4.16. The molecular weight excluding hydrogens is 320 g/mol. The van der Waals surface area contributed by atoms with Gasteiger partial charge in [-0.25, -0.2) is 0 Å². The van der Waals surface area contributed by atoms with Gasteiger partial charge in [0.15, 0.2) is 0 Å². The second-order valence-electron chi connectivity index (χ2n) is 6.47. The molecule has 2 aromatic carbocycles. The molecule has 1 aliphatic carbocycles. The van der Waals surface area contributed by atoms with Gasteiger partial charge in [-0.3, -0.25) is 9.69 Å². The lowest BCUT2D eigenvalue weighted by molar-refractivity contribution is -0.122. The van der Waals surface area contributed by atoms with E-state index >= 15 is 0 Å². The maximum atomic E-state index is 12.4. The Labute approximate surface area is 148 Å². The molecule has 2 aromatic rings. The SMILES string of the molecule is CN(CC(=O)NC1CCCc2ccccc21)Cc1ccccc1Cl. The summed E-state index contributed by atoms with van der Waals surface area (Å²) >= 11 is 6.19. The van der Waals surface area contributed by atoms with Gasteiger partial charge >= 0.3 is 0 Å². The van der Waals surface area contributed by atoms with Crippen LogP contribution in [0.25, 0.3) is 0 Å². The lowest BCUT2D eigenvalue weighted by Crippen LogP contribution is -2.38. The summed E-state index contributed by atoms with van der Waals surface area (Å²) in [6.45, 7) is 1.03. The summed E-state index contributed by atoms with van der Waals surface area (Å²) in [5.41, 5.74) is 3.67. The first kappa shape index (κ1) is 17.0. The van der Waals surface area contributed by atoms with Crippen LogP contribution in [0.4, 0.5) is 0 Å². The molecule has 3 rings (SSSR count). The third-order valence-electron chi connectivity index (χ3n) is 4.52. The van der Waals surface area contributed by atoms with Crippen LogP contribution in [0.5, 0.6) is 0 Å². The van der Waals surface area contributed by atoms with Gasteiger partial charge in [-0.05, 0) is 49.1 Å². The maximum absolute atomic E-state index is 12.4. The van der Waals surface area contributed by atoms with Gasteiger partial charge in [-0.15, -0.1) is 0 Å². The first-order chi connectivity index (χ1) is 11.6. The molecule has 0 spiro atoms. The number of rotatable bonds is 5. The molecule has 4 heteroatoms. The minimum absolute atomic E-state index is 0.0613. The summed E-state index contributed by atoms with van der Waals surface area (Å²) < 4.78 is 0. The molecule has 0 aromatic heterocycles. The van der Waals surface area contributed by atoms with Gasteiger partial charge in [0.25, 0.3) is 0 Å². The van der Waals surface area contributed by atoms with Crippen LogP contribution in [0.15, 0.2) is 48.5 Å². The molecule has 0 heterocycles. The van der Waals surface area contributed by atoms with E-state index in [4.69, 9.17) is 11.6 Å². The Balaban J connectivity index is 1.57. The zero-order valence-electron chi connectivity index (χ0n) is 14.0. The number of benzene rings is 2. The fourth-order valence-electron chi connectivity index (χ4n) is 3.36. The minimum Gasteiger partial charge on any atom is -0.348 e. The normalized spacial score (nSPS) is 16.7. The lowest BCUT2D eigenvalue weighted by atomic mass is 9.88. The Kier molecular flexibility index (Phi) is 5.54. The minimum atomic E-state index is 0.0613.